The number of carbonyl (C=O) groups excluding carboxylic acids is 1. The lowest BCUT2D eigenvalue weighted by Gasteiger charge is -2.26. The van der Waals surface area contributed by atoms with Crippen LogP contribution in [-0.2, 0) is 9.59 Å². The van der Waals surface area contributed by atoms with Gasteiger partial charge in [0.1, 0.15) is 11.4 Å². The van der Waals surface area contributed by atoms with Crippen LogP contribution in [0.4, 0.5) is 0 Å². The molecule has 1 amide bonds. The van der Waals surface area contributed by atoms with Gasteiger partial charge in [0, 0.05) is 12.7 Å². The summed E-state index contributed by atoms with van der Waals surface area (Å²) in [6, 6.07) is 7.12. The summed E-state index contributed by atoms with van der Waals surface area (Å²) >= 11 is 1.50. The summed E-state index contributed by atoms with van der Waals surface area (Å²) in [6.07, 6.45) is 0. The fraction of sp³-hybridized carbons (Fsp3) is 0.385. The maximum absolute atomic E-state index is 11.7. The SMILES string of the molecule is CC(=O)N1[C@@H](C(=O)O)CS[C@@H]1c1cccc(C)c1. The molecule has 0 bridgehead atoms. The minimum absolute atomic E-state index is 0.191. The number of thioether (sulfide) groups is 1. The number of aliphatic carboxylic acids is 1. The molecular formula is C13H15NO3S. The van der Waals surface area contributed by atoms with E-state index in [1.54, 1.807) is 0 Å². The Hall–Kier alpha value is -1.49. The van der Waals surface area contributed by atoms with Gasteiger partial charge in [-0.2, -0.15) is 0 Å². The molecular weight excluding hydrogens is 250 g/mol. The zero-order valence-corrected chi connectivity index (χ0v) is 11.1. The summed E-state index contributed by atoms with van der Waals surface area (Å²) < 4.78 is 0. The molecule has 18 heavy (non-hydrogen) atoms. The second-order valence-electron chi connectivity index (χ2n) is 4.38. The molecule has 0 radical (unpaired) electrons. The van der Waals surface area contributed by atoms with Crippen LogP contribution in [0, 0.1) is 6.92 Å². The van der Waals surface area contributed by atoms with E-state index in [9.17, 15) is 9.59 Å². The van der Waals surface area contributed by atoms with Gasteiger partial charge in [0.15, 0.2) is 0 Å². The molecule has 0 spiro atoms. The highest BCUT2D eigenvalue weighted by molar-refractivity contribution is 7.99. The summed E-state index contributed by atoms with van der Waals surface area (Å²) in [7, 11) is 0. The number of nitrogens with zero attached hydrogens (tertiary/aromatic N) is 1. The number of aryl methyl sites for hydroxylation is 1. The number of carbonyl (C=O) groups is 2. The van der Waals surface area contributed by atoms with Crippen LogP contribution in [0.5, 0.6) is 0 Å². The summed E-state index contributed by atoms with van der Waals surface area (Å²) in [4.78, 5) is 24.3. The second-order valence-corrected chi connectivity index (χ2v) is 5.49. The third-order valence-electron chi connectivity index (χ3n) is 2.98. The van der Waals surface area contributed by atoms with Gasteiger partial charge in [-0.1, -0.05) is 29.8 Å². The monoisotopic (exact) mass is 265 g/mol. The average Bonchev–Trinajstić information content (AvgIpc) is 2.73. The van der Waals surface area contributed by atoms with Crippen molar-refractivity contribution < 1.29 is 14.7 Å². The normalized spacial score (nSPS) is 23.1. The first-order chi connectivity index (χ1) is 8.50. The molecule has 1 fully saturated rings. The van der Waals surface area contributed by atoms with E-state index in [4.69, 9.17) is 5.11 Å². The summed E-state index contributed by atoms with van der Waals surface area (Å²) in [5.74, 6) is -0.695. The Kier molecular flexibility index (Phi) is 3.61. The van der Waals surface area contributed by atoms with Gasteiger partial charge in [0.05, 0.1) is 0 Å². The van der Waals surface area contributed by atoms with E-state index in [2.05, 4.69) is 0 Å². The molecule has 1 aromatic rings. The molecule has 0 saturated carbocycles. The summed E-state index contributed by atoms with van der Waals surface area (Å²) in [5.41, 5.74) is 2.09. The molecule has 0 aliphatic carbocycles. The van der Waals surface area contributed by atoms with E-state index in [-0.39, 0.29) is 11.3 Å². The number of hydrogen-bond acceptors (Lipinski definition) is 3. The molecule has 1 aliphatic heterocycles. The predicted molar refractivity (Wildman–Crippen MR) is 70.3 cm³/mol. The van der Waals surface area contributed by atoms with Crippen LogP contribution in [0.2, 0.25) is 0 Å². The Labute approximate surface area is 110 Å². The fourth-order valence-electron chi connectivity index (χ4n) is 2.16. The topological polar surface area (TPSA) is 57.6 Å². The van der Waals surface area contributed by atoms with E-state index in [1.807, 2.05) is 31.2 Å². The summed E-state index contributed by atoms with van der Waals surface area (Å²) in [6.45, 7) is 3.40. The lowest BCUT2D eigenvalue weighted by molar-refractivity contribution is -0.148. The largest absolute Gasteiger partial charge is 0.480 e. The van der Waals surface area contributed by atoms with E-state index >= 15 is 0 Å². The Morgan fingerprint density at radius 1 is 1.44 bits per heavy atom. The fourth-order valence-corrected chi connectivity index (χ4v) is 3.62. The highest BCUT2D eigenvalue weighted by Gasteiger charge is 2.40. The minimum atomic E-state index is -0.937. The first kappa shape index (κ1) is 13.0. The van der Waals surface area contributed by atoms with Crippen LogP contribution >= 0.6 is 11.8 Å². The number of benzene rings is 1. The molecule has 96 valence electrons. The van der Waals surface area contributed by atoms with Gasteiger partial charge < -0.3 is 10.0 Å². The van der Waals surface area contributed by atoms with Crippen molar-refractivity contribution in [2.24, 2.45) is 0 Å². The van der Waals surface area contributed by atoms with Crippen molar-refractivity contribution in [3.63, 3.8) is 0 Å². The standard InChI is InChI=1S/C13H15NO3S/c1-8-4-3-5-10(6-8)12-14(9(2)15)11(7-18-12)13(16)17/h3-6,11-12H,7H2,1-2H3,(H,16,17)/t11-,12-/m1/s1. The van der Waals surface area contributed by atoms with E-state index < -0.39 is 12.0 Å². The molecule has 1 saturated heterocycles. The third-order valence-corrected chi connectivity index (χ3v) is 4.30. The van der Waals surface area contributed by atoms with Gasteiger partial charge in [-0.15, -0.1) is 11.8 Å². The molecule has 2 atom stereocenters. The van der Waals surface area contributed by atoms with E-state index in [1.165, 1.54) is 23.6 Å². The third kappa shape index (κ3) is 2.36. The molecule has 2 rings (SSSR count). The number of hydrogen-bond donors (Lipinski definition) is 1. The van der Waals surface area contributed by atoms with Crippen molar-refractivity contribution in [1.82, 2.24) is 4.90 Å². The maximum atomic E-state index is 11.7. The number of carboxylic acids is 1. The maximum Gasteiger partial charge on any atom is 0.327 e. The number of rotatable bonds is 2. The van der Waals surface area contributed by atoms with Crippen LogP contribution in [0.25, 0.3) is 0 Å². The van der Waals surface area contributed by atoms with Gasteiger partial charge >= 0.3 is 5.97 Å². The minimum Gasteiger partial charge on any atom is -0.480 e. The highest BCUT2D eigenvalue weighted by Crippen LogP contribution is 2.41. The van der Waals surface area contributed by atoms with Gasteiger partial charge in [0.2, 0.25) is 5.91 Å². The van der Waals surface area contributed by atoms with Gasteiger partial charge in [-0.3, -0.25) is 4.79 Å². The Morgan fingerprint density at radius 2 is 2.17 bits per heavy atom. The van der Waals surface area contributed by atoms with Crippen LogP contribution in [0.3, 0.4) is 0 Å². The zero-order chi connectivity index (χ0) is 13.3. The van der Waals surface area contributed by atoms with Crippen molar-refractivity contribution in [2.75, 3.05) is 5.75 Å². The first-order valence-corrected chi connectivity index (χ1v) is 6.75. The van der Waals surface area contributed by atoms with Crippen LogP contribution in [0.1, 0.15) is 23.4 Å². The molecule has 1 N–H and O–H groups in total. The van der Waals surface area contributed by atoms with Crippen molar-refractivity contribution in [1.29, 1.82) is 0 Å². The molecule has 0 unspecified atom stereocenters. The quantitative estimate of drug-likeness (QED) is 0.889. The van der Waals surface area contributed by atoms with Crippen molar-refractivity contribution in [2.45, 2.75) is 25.3 Å². The van der Waals surface area contributed by atoms with E-state index in [0.29, 0.717) is 5.75 Å². The number of amides is 1. The van der Waals surface area contributed by atoms with Crippen LogP contribution < -0.4 is 0 Å². The van der Waals surface area contributed by atoms with Crippen molar-refractivity contribution >= 4 is 23.6 Å². The second kappa shape index (κ2) is 5.02. The van der Waals surface area contributed by atoms with Gasteiger partial charge in [-0.25, -0.2) is 4.79 Å². The predicted octanol–water partition coefficient (Wildman–Crippen LogP) is 2.04. The van der Waals surface area contributed by atoms with Crippen LogP contribution in [-0.4, -0.2) is 33.7 Å². The lowest BCUT2D eigenvalue weighted by atomic mass is 10.1. The van der Waals surface area contributed by atoms with Gasteiger partial charge in [0.25, 0.3) is 0 Å². The molecule has 0 aromatic heterocycles. The first-order valence-electron chi connectivity index (χ1n) is 5.70. The number of carboxylic acid groups (broad SMARTS) is 1. The lowest BCUT2D eigenvalue weighted by Crippen LogP contribution is -2.41. The summed E-state index contributed by atoms with van der Waals surface area (Å²) in [5, 5.41) is 8.95. The van der Waals surface area contributed by atoms with Gasteiger partial charge in [-0.05, 0) is 12.5 Å². The zero-order valence-electron chi connectivity index (χ0n) is 10.3. The average molecular weight is 265 g/mol. The Bertz CT molecular complexity index is 489. The Balaban J connectivity index is 2.33. The molecule has 4 nitrogen and oxygen atoms in total. The molecule has 1 aromatic carbocycles. The Morgan fingerprint density at radius 3 is 2.72 bits per heavy atom. The van der Waals surface area contributed by atoms with Crippen molar-refractivity contribution in [3.05, 3.63) is 35.4 Å². The molecule has 1 aliphatic rings. The molecule has 1 heterocycles. The van der Waals surface area contributed by atoms with E-state index in [0.717, 1.165) is 11.1 Å². The smallest absolute Gasteiger partial charge is 0.327 e. The van der Waals surface area contributed by atoms with Crippen LogP contribution in [0.15, 0.2) is 24.3 Å². The van der Waals surface area contributed by atoms with Crippen molar-refractivity contribution in [3.8, 4) is 0 Å². The highest BCUT2D eigenvalue weighted by atomic mass is 32.2. The molecule has 5 heteroatoms.